The van der Waals surface area contributed by atoms with Gasteiger partial charge >= 0.3 is 0 Å². The van der Waals surface area contributed by atoms with E-state index in [0.29, 0.717) is 10.2 Å². The van der Waals surface area contributed by atoms with Crippen molar-refractivity contribution in [1.82, 2.24) is 0 Å². The minimum atomic E-state index is -1.30. The van der Waals surface area contributed by atoms with E-state index >= 15 is 0 Å². The van der Waals surface area contributed by atoms with E-state index in [4.69, 9.17) is 9.47 Å². The number of nitrogens with zero attached hydrogens (tertiary/aromatic N) is 1. The third-order valence-electron chi connectivity index (χ3n) is 2.39. The van der Waals surface area contributed by atoms with Crippen LogP contribution in [-0.2, 0) is 20.5 Å². The van der Waals surface area contributed by atoms with Gasteiger partial charge in [0.05, 0.1) is 10.5 Å². The number of rotatable bonds is 3. The van der Waals surface area contributed by atoms with E-state index in [-0.39, 0.29) is 4.75 Å². The summed E-state index contributed by atoms with van der Waals surface area (Å²) in [6.07, 6.45) is 5.21. The summed E-state index contributed by atoms with van der Waals surface area (Å²) in [5.41, 5.74) is 0.619. The van der Waals surface area contributed by atoms with E-state index in [0.717, 1.165) is 0 Å². The van der Waals surface area contributed by atoms with Crippen molar-refractivity contribution in [3.63, 3.8) is 0 Å². The summed E-state index contributed by atoms with van der Waals surface area (Å²) in [5.74, 6) is -0.888. The molecule has 0 aliphatic heterocycles. The van der Waals surface area contributed by atoms with Gasteiger partial charge in [0.15, 0.2) is 0 Å². The van der Waals surface area contributed by atoms with Crippen molar-refractivity contribution in [2.75, 3.05) is 14.2 Å². The summed E-state index contributed by atoms with van der Waals surface area (Å²) < 4.78 is 27.0. The molecule has 4 nitrogen and oxygen atoms in total. The standard InChI is InChI=1S/C12H18BrNO3S/c1-11(2,3)18(15)14-10-6-7-12(16-4,17-5)8-9(10)13/h6-8H,1-5H3/b14-10-/t18-/m1/s1. The quantitative estimate of drug-likeness (QED) is 0.745. The lowest BCUT2D eigenvalue weighted by atomic mass is 10.1. The molecule has 0 fully saturated rings. The molecule has 1 aliphatic carbocycles. The van der Waals surface area contributed by atoms with Crippen LogP contribution in [0.3, 0.4) is 0 Å². The Morgan fingerprint density at radius 3 is 2.28 bits per heavy atom. The lowest BCUT2D eigenvalue weighted by Gasteiger charge is -2.27. The third kappa shape index (κ3) is 3.60. The van der Waals surface area contributed by atoms with Gasteiger partial charge in [0, 0.05) is 18.7 Å². The molecule has 0 aromatic rings. The Bertz CT molecular complexity index is 431. The molecule has 0 unspecified atom stereocenters. The fraction of sp³-hybridized carbons (Fsp3) is 0.583. The molecule has 0 spiro atoms. The maximum absolute atomic E-state index is 12.0. The predicted octanol–water partition coefficient (Wildman–Crippen LogP) is 2.73. The molecule has 0 aromatic heterocycles. The van der Waals surface area contributed by atoms with Gasteiger partial charge in [-0.05, 0) is 54.9 Å². The summed E-state index contributed by atoms with van der Waals surface area (Å²) >= 11 is 3.39. The largest absolute Gasteiger partial charge is 0.346 e. The number of allylic oxidation sites excluding steroid dienone is 2. The van der Waals surface area contributed by atoms with Crippen molar-refractivity contribution in [1.29, 1.82) is 0 Å². The second-order valence-corrected chi connectivity index (χ2v) is 7.55. The van der Waals surface area contributed by atoms with Crippen molar-refractivity contribution in [2.45, 2.75) is 31.3 Å². The van der Waals surface area contributed by atoms with Crippen molar-refractivity contribution < 1.29 is 13.7 Å². The third-order valence-corrected chi connectivity index (χ3v) is 4.43. The molecule has 18 heavy (non-hydrogen) atoms. The normalized spacial score (nSPS) is 23.0. The Kier molecular flexibility index (Phi) is 5.05. The van der Waals surface area contributed by atoms with Crippen LogP contribution < -0.4 is 0 Å². The fourth-order valence-electron chi connectivity index (χ4n) is 1.21. The lowest BCUT2D eigenvalue weighted by molar-refractivity contribution is -0.133. The first-order chi connectivity index (χ1) is 8.24. The van der Waals surface area contributed by atoms with Crippen LogP contribution in [-0.4, -0.2) is 34.7 Å². The van der Waals surface area contributed by atoms with Gasteiger partial charge in [-0.25, -0.2) is 4.21 Å². The van der Waals surface area contributed by atoms with Crippen LogP contribution in [0.2, 0.25) is 0 Å². The summed E-state index contributed by atoms with van der Waals surface area (Å²) in [4.78, 5) is 0. The topological polar surface area (TPSA) is 47.9 Å². The van der Waals surface area contributed by atoms with E-state index in [2.05, 4.69) is 20.3 Å². The van der Waals surface area contributed by atoms with Crippen LogP contribution in [0.15, 0.2) is 27.1 Å². The molecule has 0 aromatic carbocycles. The first kappa shape index (κ1) is 15.8. The molecule has 1 aliphatic rings. The number of halogens is 1. The maximum atomic E-state index is 12.0. The molecular weight excluding hydrogens is 318 g/mol. The average molecular weight is 336 g/mol. The van der Waals surface area contributed by atoms with Crippen LogP contribution in [0.25, 0.3) is 0 Å². The highest BCUT2D eigenvalue weighted by atomic mass is 79.9. The summed E-state index contributed by atoms with van der Waals surface area (Å²) in [6, 6.07) is 0. The minimum absolute atomic E-state index is 0.384. The molecule has 6 heteroatoms. The van der Waals surface area contributed by atoms with Crippen LogP contribution in [0.1, 0.15) is 20.8 Å². The Labute approximate surface area is 119 Å². The van der Waals surface area contributed by atoms with Crippen molar-refractivity contribution in [3.8, 4) is 0 Å². The molecule has 0 amide bonds. The van der Waals surface area contributed by atoms with Gasteiger partial charge in [-0.2, -0.15) is 4.40 Å². The van der Waals surface area contributed by atoms with Gasteiger partial charge < -0.3 is 9.47 Å². The Balaban J connectivity index is 3.03. The van der Waals surface area contributed by atoms with Gasteiger partial charge in [0.2, 0.25) is 5.79 Å². The molecule has 1 atom stereocenters. The van der Waals surface area contributed by atoms with Crippen molar-refractivity contribution in [2.24, 2.45) is 4.40 Å². The van der Waals surface area contributed by atoms with E-state index in [1.54, 1.807) is 32.4 Å². The molecule has 0 saturated heterocycles. The first-order valence-electron chi connectivity index (χ1n) is 5.43. The SMILES string of the molecule is COC1(OC)C=C/C(=N/[S@](=O)C(C)(C)C)C(Br)=C1. The van der Waals surface area contributed by atoms with Crippen molar-refractivity contribution >= 4 is 32.6 Å². The van der Waals surface area contributed by atoms with Crippen LogP contribution in [0.5, 0.6) is 0 Å². The first-order valence-corrected chi connectivity index (χ1v) is 7.33. The zero-order valence-corrected chi connectivity index (χ0v) is 13.6. The van der Waals surface area contributed by atoms with Gasteiger partial charge in [0.25, 0.3) is 0 Å². The van der Waals surface area contributed by atoms with Crippen molar-refractivity contribution in [3.05, 3.63) is 22.7 Å². The smallest absolute Gasteiger partial charge is 0.209 e. The van der Waals surface area contributed by atoms with Crippen LogP contribution in [0, 0.1) is 0 Å². The Morgan fingerprint density at radius 2 is 1.89 bits per heavy atom. The van der Waals surface area contributed by atoms with E-state index < -0.39 is 16.8 Å². The zero-order valence-electron chi connectivity index (χ0n) is 11.2. The van der Waals surface area contributed by atoms with Gasteiger partial charge in [-0.3, -0.25) is 0 Å². The fourth-order valence-corrected chi connectivity index (χ4v) is 2.48. The van der Waals surface area contributed by atoms with E-state index in [1.165, 1.54) is 0 Å². The zero-order chi connectivity index (χ0) is 14.0. The molecule has 0 bridgehead atoms. The number of hydrogen-bond donors (Lipinski definition) is 0. The predicted molar refractivity (Wildman–Crippen MR) is 78.2 cm³/mol. The summed E-state index contributed by atoms with van der Waals surface area (Å²) in [7, 11) is 1.81. The number of methoxy groups -OCH3 is 2. The highest BCUT2D eigenvalue weighted by molar-refractivity contribution is 9.12. The monoisotopic (exact) mass is 335 g/mol. The Morgan fingerprint density at radius 1 is 1.33 bits per heavy atom. The molecule has 0 saturated carbocycles. The van der Waals surface area contributed by atoms with Gasteiger partial charge in [-0.1, -0.05) is 0 Å². The molecule has 0 radical (unpaired) electrons. The lowest BCUT2D eigenvalue weighted by Crippen LogP contribution is -2.32. The molecule has 0 N–H and O–H groups in total. The second-order valence-electron chi connectivity index (χ2n) is 4.79. The summed E-state index contributed by atoms with van der Waals surface area (Å²) in [6.45, 7) is 5.64. The highest BCUT2D eigenvalue weighted by Gasteiger charge is 2.29. The van der Waals surface area contributed by atoms with Gasteiger partial charge in [-0.15, -0.1) is 0 Å². The molecular formula is C12H18BrNO3S. The van der Waals surface area contributed by atoms with E-state index in [1.807, 2.05) is 20.8 Å². The number of ether oxygens (including phenoxy) is 2. The highest BCUT2D eigenvalue weighted by Crippen LogP contribution is 2.27. The average Bonchev–Trinajstić information content (AvgIpc) is 2.30. The maximum Gasteiger partial charge on any atom is 0.209 e. The van der Waals surface area contributed by atoms with E-state index in [9.17, 15) is 4.21 Å². The molecule has 1 rings (SSSR count). The molecule has 0 heterocycles. The summed E-state index contributed by atoms with van der Waals surface area (Å²) in [5, 5.41) is 0. The second kappa shape index (κ2) is 5.77. The Hall–Kier alpha value is -0.300. The van der Waals surface area contributed by atoms with Crippen LogP contribution in [0.4, 0.5) is 0 Å². The van der Waals surface area contributed by atoms with Crippen LogP contribution >= 0.6 is 15.9 Å². The van der Waals surface area contributed by atoms with Gasteiger partial charge in [0.1, 0.15) is 11.0 Å². The number of hydrogen-bond acceptors (Lipinski definition) is 3. The molecule has 102 valence electrons. The minimum Gasteiger partial charge on any atom is -0.346 e.